The normalized spacial score (nSPS) is 16.7. The Bertz CT molecular complexity index is 958. The standard InChI is InChI=1S/C20H18FN3O3/c1-26-17-9-7-14(11-15(17)21)19-22-20(27-23-19)16-8-10-18(25)24(16)12-13-5-3-2-4-6-13/h2-7,9,11,16H,8,10,12H2,1H3. The number of benzene rings is 2. The zero-order valence-electron chi connectivity index (χ0n) is 14.8. The minimum absolute atomic E-state index is 0.0547. The quantitative estimate of drug-likeness (QED) is 0.687. The van der Waals surface area contributed by atoms with Crippen molar-refractivity contribution in [2.75, 3.05) is 7.11 Å². The van der Waals surface area contributed by atoms with Crippen LogP contribution in [0.5, 0.6) is 5.75 Å². The van der Waals surface area contributed by atoms with Crippen molar-refractivity contribution >= 4 is 5.91 Å². The number of carbonyl (C=O) groups excluding carboxylic acids is 1. The van der Waals surface area contributed by atoms with Crippen molar-refractivity contribution in [2.24, 2.45) is 0 Å². The molecule has 1 atom stereocenters. The van der Waals surface area contributed by atoms with E-state index in [0.717, 1.165) is 5.56 Å². The van der Waals surface area contributed by atoms with Crippen LogP contribution < -0.4 is 4.74 Å². The summed E-state index contributed by atoms with van der Waals surface area (Å²) in [7, 11) is 1.41. The van der Waals surface area contributed by atoms with Gasteiger partial charge in [-0.05, 0) is 30.2 Å². The number of hydrogen-bond donors (Lipinski definition) is 0. The van der Waals surface area contributed by atoms with Gasteiger partial charge in [0.15, 0.2) is 11.6 Å². The summed E-state index contributed by atoms with van der Waals surface area (Å²) < 4.78 is 24.3. The highest BCUT2D eigenvalue weighted by Crippen LogP contribution is 2.34. The zero-order chi connectivity index (χ0) is 18.8. The second-order valence-electron chi connectivity index (χ2n) is 6.37. The number of rotatable bonds is 5. The molecule has 1 saturated heterocycles. The Morgan fingerprint density at radius 2 is 2.07 bits per heavy atom. The van der Waals surface area contributed by atoms with E-state index in [-0.39, 0.29) is 23.5 Å². The lowest BCUT2D eigenvalue weighted by atomic mass is 10.1. The maximum Gasteiger partial charge on any atom is 0.249 e. The molecule has 0 N–H and O–H groups in total. The molecule has 1 unspecified atom stereocenters. The summed E-state index contributed by atoms with van der Waals surface area (Å²) in [4.78, 5) is 18.5. The van der Waals surface area contributed by atoms with Crippen LogP contribution in [0.3, 0.4) is 0 Å². The maximum absolute atomic E-state index is 13.9. The average molecular weight is 367 g/mol. The third-order valence-electron chi connectivity index (χ3n) is 4.66. The molecule has 138 valence electrons. The molecule has 1 aliphatic rings. The van der Waals surface area contributed by atoms with E-state index in [2.05, 4.69) is 10.1 Å². The molecule has 1 aromatic heterocycles. The molecule has 6 nitrogen and oxygen atoms in total. The van der Waals surface area contributed by atoms with Gasteiger partial charge in [0.25, 0.3) is 0 Å². The first-order valence-corrected chi connectivity index (χ1v) is 8.66. The molecule has 3 aromatic rings. The van der Waals surface area contributed by atoms with Gasteiger partial charge in [-0.15, -0.1) is 0 Å². The lowest BCUT2D eigenvalue weighted by Crippen LogP contribution is -2.27. The number of halogens is 1. The van der Waals surface area contributed by atoms with Gasteiger partial charge in [-0.25, -0.2) is 4.39 Å². The predicted molar refractivity (Wildman–Crippen MR) is 95.2 cm³/mol. The molecule has 2 heterocycles. The van der Waals surface area contributed by atoms with Crippen molar-refractivity contribution in [1.82, 2.24) is 15.0 Å². The van der Waals surface area contributed by atoms with Crippen LogP contribution in [0.1, 0.15) is 30.3 Å². The van der Waals surface area contributed by atoms with Crippen molar-refractivity contribution in [1.29, 1.82) is 0 Å². The molecule has 0 aliphatic carbocycles. The smallest absolute Gasteiger partial charge is 0.249 e. The van der Waals surface area contributed by atoms with E-state index in [9.17, 15) is 9.18 Å². The van der Waals surface area contributed by atoms with E-state index < -0.39 is 5.82 Å². The molecule has 2 aromatic carbocycles. The van der Waals surface area contributed by atoms with E-state index >= 15 is 0 Å². The summed E-state index contributed by atoms with van der Waals surface area (Å²) in [6.07, 6.45) is 1.05. The second-order valence-corrected chi connectivity index (χ2v) is 6.37. The molecule has 7 heteroatoms. The molecular weight excluding hydrogens is 349 g/mol. The molecular formula is C20H18FN3O3. The highest BCUT2D eigenvalue weighted by Gasteiger charge is 2.36. The van der Waals surface area contributed by atoms with Crippen LogP contribution in [-0.2, 0) is 11.3 Å². The number of likely N-dealkylation sites (tertiary alicyclic amines) is 1. The van der Waals surface area contributed by atoms with Crippen molar-refractivity contribution in [3.63, 3.8) is 0 Å². The number of methoxy groups -OCH3 is 1. The Morgan fingerprint density at radius 1 is 1.26 bits per heavy atom. The number of amides is 1. The molecule has 0 saturated carbocycles. The Hall–Kier alpha value is -3.22. The Kier molecular flexibility index (Phi) is 4.58. The second kappa shape index (κ2) is 7.19. The summed E-state index contributed by atoms with van der Waals surface area (Å²) in [5.74, 6) is 0.355. The van der Waals surface area contributed by atoms with E-state index in [0.29, 0.717) is 30.8 Å². The first-order valence-electron chi connectivity index (χ1n) is 8.66. The molecule has 0 bridgehead atoms. The molecule has 4 rings (SSSR count). The minimum atomic E-state index is -0.497. The Morgan fingerprint density at radius 3 is 2.81 bits per heavy atom. The molecule has 0 radical (unpaired) electrons. The Labute approximate surface area is 155 Å². The van der Waals surface area contributed by atoms with Gasteiger partial charge in [0.05, 0.1) is 7.11 Å². The van der Waals surface area contributed by atoms with Gasteiger partial charge in [0.2, 0.25) is 17.6 Å². The number of nitrogens with zero attached hydrogens (tertiary/aromatic N) is 3. The highest BCUT2D eigenvalue weighted by molar-refractivity contribution is 5.78. The molecule has 1 aliphatic heterocycles. The van der Waals surface area contributed by atoms with Crippen LogP contribution in [0.15, 0.2) is 53.1 Å². The topological polar surface area (TPSA) is 68.5 Å². The van der Waals surface area contributed by atoms with Gasteiger partial charge in [-0.3, -0.25) is 4.79 Å². The van der Waals surface area contributed by atoms with Crippen LogP contribution in [0, 0.1) is 5.82 Å². The number of hydrogen-bond acceptors (Lipinski definition) is 5. The first kappa shape index (κ1) is 17.2. The Balaban J connectivity index is 1.58. The van der Waals surface area contributed by atoms with Crippen LogP contribution in [0.25, 0.3) is 11.4 Å². The zero-order valence-corrected chi connectivity index (χ0v) is 14.8. The largest absolute Gasteiger partial charge is 0.494 e. The van der Waals surface area contributed by atoms with Crippen molar-refractivity contribution in [3.8, 4) is 17.1 Å². The van der Waals surface area contributed by atoms with Crippen molar-refractivity contribution in [3.05, 3.63) is 65.8 Å². The predicted octanol–water partition coefficient (Wildman–Crippen LogP) is 3.75. The third kappa shape index (κ3) is 3.40. The average Bonchev–Trinajstić information content (AvgIpc) is 3.30. The summed E-state index contributed by atoms with van der Waals surface area (Å²) >= 11 is 0. The fraction of sp³-hybridized carbons (Fsp3) is 0.250. The monoisotopic (exact) mass is 367 g/mol. The van der Waals surface area contributed by atoms with Crippen molar-refractivity contribution < 1.29 is 18.4 Å². The number of aromatic nitrogens is 2. The van der Waals surface area contributed by atoms with Gasteiger partial charge in [0.1, 0.15) is 6.04 Å². The summed E-state index contributed by atoms with van der Waals surface area (Å²) in [5, 5.41) is 3.96. The SMILES string of the molecule is COc1ccc(-c2noc(C3CCC(=O)N3Cc3ccccc3)n2)cc1F. The van der Waals surface area contributed by atoms with Crippen LogP contribution in [0.2, 0.25) is 0 Å². The van der Waals surface area contributed by atoms with Gasteiger partial charge >= 0.3 is 0 Å². The molecule has 1 amide bonds. The fourth-order valence-electron chi connectivity index (χ4n) is 3.26. The molecule has 27 heavy (non-hydrogen) atoms. The lowest BCUT2D eigenvalue weighted by Gasteiger charge is -2.22. The first-order chi connectivity index (χ1) is 13.2. The third-order valence-corrected chi connectivity index (χ3v) is 4.66. The van der Waals surface area contributed by atoms with E-state index in [1.165, 1.54) is 19.2 Å². The molecule has 1 fully saturated rings. The lowest BCUT2D eigenvalue weighted by molar-refractivity contribution is -0.129. The van der Waals surface area contributed by atoms with Gasteiger partial charge in [-0.2, -0.15) is 4.98 Å². The van der Waals surface area contributed by atoms with Crippen LogP contribution in [0.4, 0.5) is 4.39 Å². The minimum Gasteiger partial charge on any atom is -0.494 e. The number of carbonyl (C=O) groups is 1. The number of ether oxygens (including phenoxy) is 1. The van der Waals surface area contributed by atoms with Gasteiger partial charge in [0, 0.05) is 18.5 Å². The fourth-order valence-corrected chi connectivity index (χ4v) is 3.26. The van der Waals surface area contributed by atoms with E-state index in [4.69, 9.17) is 9.26 Å². The highest BCUT2D eigenvalue weighted by atomic mass is 19.1. The van der Waals surface area contributed by atoms with E-state index in [1.54, 1.807) is 11.0 Å². The molecule has 0 spiro atoms. The van der Waals surface area contributed by atoms with Gasteiger partial charge < -0.3 is 14.2 Å². The summed E-state index contributed by atoms with van der Waals surface area (Å²) in [6, 6.07) is 14.0. The van der Waals surface area contributed by atoms with Crippen molar-refractivity contribution in [2.45, 2.75) is 25.4 Å². The maximum atomic E-state index is 13.9. The van der Waals surface area contributed by atoms with Gasteiger partial charge in [-0.1, -0.05) is 35.5 Å². The summed E-state index contributed by atoms with van der Waals surface area (Å²) in [5.41, 5.74) is 1.52. The van der Waals surface area contributed by atoms with Crippen LogP contribution in [-0.4, -0.2) is 28.1 Å². The summed E-state index contributed by atoms with van der Waals surface area (Å²) in [6.45, 7) is 0.485. The van der Waals surface area contributed by atoms with E-state index in [1.807, 2.05) is 30.3 Å². The van der Waals surface area contributed by atoms with Crippen LogP contribution >= 0.6 is 0 Å².